The molecule has 0 spiro atoms. The first-order valence-corrected chi connectivity index (χ1v) is 8.28. The maximum atomic E-state index is 13.6. The monoisotopic (exact) mass is 337 g/mol. The number of sulfonamides is 1. The van der Waals surface area contributed by atoms with E-state index in [4.69, 9.17) is 21.5 Å². The molecular formula is C13H17ClFNO4S. The first-order valence-electron chi connectivity index (χ1n) is 6.35. The summed E-state index contributed by atoms with van der Waals surface area (Å²) >= 11 is 5.68. The first kappa shape index (κ1) is 17.9. The van der Waals surface area contributed by atoms with Crippen LogP contribution in [0.1, 0.15) is 37.0 Å². The minimum atomic E-state index is -4.14. The van der Waals surface area contributed by atoms with E-state index in [0.29, 0.717) is 6.07 Å². The average Bonchev–Trinajstić information content (AvgIpc) is 2.38. The van der Waals surface area contributed by atoms with Crippen LogP contribution in [-0.4, -0.2) is 21.0 Å². The van der Waals surface area contributed by atoms with Crippen molar-refractivity contribution in [3.05, 3.63) is 28.5 Å². The summed E-state index contributed by atoms with van der Waals surface area (Å²) in [5.41, 5.74) is -0.357. The van der Waals surface area contributed by atoms with E-state index in [1.807, 2.05) is 13.8 Å². The van der Waals surface area contributed by atoms with Gasteiger partial charge in [-0.05, 0) is 24.5 Å². The number of primary sulfonamides is 1. The summed E-state index contributed by atoms with van der Waals surface area (Å²) in [7, 11) is -4.14. The quantitative estimate of drug-likeness (QED) is 0.808. The Labute approximate surface area is 128 Å². The predicted molar refractivity (Wildman–Crippen MR) is 77.1 cm³/mol. The Morgan fingerprint density at radius 2 is 2.10 bits per heavy atom. The second-order valence-corrected chi connectivity index (χ2v) is 6.74. The highest BCUT2D eigenvalue weighted by atomic mass is 35.5. The van der Waals surface area contributed by atoms with Crippen molar-refractivity contribution >= 4 is 27.6 Å². The smallest absolute Gasteiger partial charge is 0.339 e. The molecule has 0 saturated carbocycles. The molecule has 0 aliphatic heterocycles. The Bertz CT molecular complexity index is 633. The van der Waals surface area contributed by atoms with Crippen LogP contribution in [0.2, 0.25) is 5.02 Å². The normalized spacial score (nSPS) is 13.0. The zero-order chi connectivity index (χ0) is 16.2. The van der Waals surface area contributed by atoms with E-state index in [1.54, 1.807) is 0 Å². The van der Waals surface area contributed by atoms with Gasteiger partial charge in [-0.2, -0.15) is 0 Å². The molecular weight excluding hydrogens is 321 g/mol. The Kier molecular flexibility index (Phi) is 6.12. The van der Waals surface area contributed by atoms with Gasteiger partial charge in [0.25, 0.3) is 0 Å². The number of rotatable bonds is 6. The van der Waals surface area contributed by atoms with Crippen LogP contribution in [0.25, 0.3) is 0 Å². The summed E-state index contributed by atoms with van der Waals surface area (Å²) in [6.45, 7) is 4.05. The fraction of sp³-hybridized carbons (Fsp3) is 0.462. The number of carbonyl (C=O) groups excluding carboxylic acids is 1. The Balaban J connectivity index is 3.01. The van der Waals surface area contributed by atoms with Crippen molar-refractivity contribution in [2.75, 3.05) is 6.61 Å². The molecule has 1 aromatic rings. The minimum Gasteiger partial charge on any atom is -0.462 e. The molecule has 1 unspecified atom stereocenters. The van der Waals surface area contributed by atoms with Crippen LogP contribution >= 0.6 is 11.6 Å². The van der Waals surface area contributed by atoms with Gasteiger partial charge in [0, 0.05) is 0 Å². The van der Waals surface area contributed by atoms with Gasteiger partial charge in [0.2, 0.25) is 10.0 Å². The van der Waals surface area contributed by atoms with Crippen molar-refractivity contribution in [2.24, 2.45) is 11.1 Å². The molecule has 0 aromatic heterocycles. The number of benzene rings is 1. The van der Waals surface area contributed by atoms with Crippen molar-refractivity contribution < 1.29 is 22.3 Å². The summed E-state index contributed by atoms with van der Waals surface area (Å²) in [5.74, 6) is -1.78. The van der Waals surface area contributed by atoms with E-state index in [-0.39, 0.29) is 18.1 Å². The Hall–Kier alpha value is -1.18. The Morgan fingerprint density at radius 1 is 1.48 bits per heavy atom. The highest BCUT2D eigenvalue weighted by Crippen LogP contribution is 2.25. The van der Waals surface area contributed by atoms with E-state index in [1.165, 1.54) is 0 Å². The molecule has 0 heterocycles. The maximum Gasteiger partial charge on any atom is 0.339 e. The second-order valence-electron chi connectivity index (χ2n) is 4.80. The fourth-order valence-corrected chi connectivity index (χ4v) is 2.48. The zero-order valence-electron chi connectivity index (χ0n) is 11.7. The molecule has 1 aromatic carbocycles. The van der Waals surface area contributed by atoms with Gasteiger partial charge in [-0.1, -0.05) is 31.9 Å². The lowest BCUT2D eigenvalue weighted by molar-refractivity contribution is 0.0443. The summed E-state index contributed by atoms with van der Waals surface area (Å²) in [6, 6.07) is 1.57. The van der Waals surface area contributed by atoms with Gasteiger partial charge < -0.3 is 4.74 Å². The van der Waals surface area contributed by atoms with Crippen LogP contribution in [0.5, 0.6) is 0 Å². The van der Waals surface area contributed by atoms with Gasteiger partial charge in [0.05, 0.1) is 22.1 Å². The molecule has 5 nitrogen and oxygen atoms in total. The van der Waals surface area contributed by atoms with Crippen molar-refractivity contribution in [3.63, 3.8) is 0 Å². The van der Waals surface area contributed by atoms with Crippen molar-refractivity contribution in [2.45, 2.75) is 31.6 Å². The molecule has 0 saturated heterocycles. The van der Waals surface area contributed by atoms with Crippen molar-refractivity contribution in [1.82, 2.24) is 0 Å². The number of halogens is 2. The van der Waals surface area contributed by atoms with Gasteiger partial charge in [-0.3, -0.25) is 0 Å². The van der Waals surface area contributed by atoms with Crippen LogP contribution in [0.4, 0.5) is 4.39 Å². The highest BCUT2D eigenvalue weighted by molar-refractivity contribution is 7.89. The second kappa shape index (κ2) is 7.20. The summed E-state index contributed by atoms with van der Waals surface area (Å²) in [5, 5.41) is 4.43. The van der Waals surface area contributed by atoms with E-state index < -0.39 is 31.7 Å². The third kappa shape index (κ3) is 4.94. The Morgan fingerprint density at radius 3 is 2.62 bits per heavy atom. The summed E-state index contributed by atoms with van der Waals surface area (Å²) in [6.07, 6.45) is 1.81. The molecule has 0 aliphatic rings. The lowest BCUT2D eigenvalue weighted by Gasteiger charge is -2.12. The molecule has 2 N–H and O–H groups in total. The molecule has 1 rings (SSSR count). The number of nitrogens with two attached hydrogens (primary N) is 1. The van der Waals surface area contributed by atoms with E-state index in [9.17, 15) is 17.6 Å². The zero-order valence-corrected chi connectivity index (χ0v) is 13.3. The molecule has 0 fully saturated rings. The van der Waals surface area contributed by atoms with Crippen LogP contribution < -0.4 is 5.14 Å². The van der Waals surface area contributed by atoms with Crippen LogP contribution in [0.15, 0.2) is 17.0 Å². The first-order chi connectivity index (χ1) is 9.66. The molecule has 1 atom stereocenters. The van der Waals surface area contributed by atoms with Gasteiger partial charge >= 0.3 is 5.97 Å². The molecule has 21 heavy (non-hydrogen) atoms. The van der Waals surface area contributed by atoms with E-state index >= 15 is 0 Å². The topological polar surface area (TPSA) is 86.5 Å². The van der Waals surface area contributed by atoms with Gasteiger partial charge in [-0.25, -0.2) is 22.7 Å². The largest absolute Gasteiger partial charge is 0.462 e. The third-order valence-electron chi connectivity index (χ3n) is 2.83. The van der Waals surface area contributed by atoms with Gasteiger partial charge in [-0.15, -0.1) is 0 Å². The molecule has 0 aliphatic carbocycles. The van der Waals surface area contributed by atoms with E-state index in [2.05, 4.69) is 0 Å². The van der Waals surface area contributed by atoms with Crippen molar-refractivity contribution in [3.8, 4) is 0 Å². The third-order valence-corrected chi connectivity index (χ3v) is 4.11. The predicted octanol–water partition coefficient (Wildman–Crippen LogP) is 2.72. The summed E-state index contributed by atoms with van der Waals surface area (Å²) in [4.78, 5) is 11.4. The van der Waals surface area contributed by atoms with Gasteiger partial charge in [0.15, 0.2) is 0 Å². The van der Waals surface area contributed by atoms with Crippen LogP contribution in [0, 0.1) is 11.7 Å². The fourth-order valence-electron chi connectivity index (χ4n) is 1.75. The number of carbonyl (C=O) groups is 1. The lowest BCUT2D eigenvalue weighted by atomic mass is 10.1. The average molecular weight is 338 g/mol. The van der Waals surface area contributed by atoms with Crippen LogP contribution in [-0.2, 0) is 14.8 Å². The highest BCUT2D eigenvalue weighted by Gasteiger charge is 2.21. The molecule has 0 amide bonds. The summed E-state index contributed by atoms with van der Waals surface area (Å²) < 4.78 is 41.1. The number of ether oxygens (including phenoxy) is 1. The molecule has 0 bridgehead atoms. The SMILES string of the molecule is CCCC(C)COC(=O)c1cc(S(N)(=O)=O)cc(F)c1Cl. The number of esters is 1. The van der Waals surface area contributed by atoms with Crippen molar-refractivity contribution in [1.29, 1.82) is 0 Å². The molecule has 0 radical (unpaired) electrons. The lowest BCUT2D eigenvalue weighted by Crippen LogP contribution is -2.16. The number of hydrogen-bond acceptors (Lipinski definition) is 4. The van der Waals surface area contributed by atoms with Gasteiger partial charge in [0.1, 0.15) is 5.82 Å². The minimum absolute atomic E-state index is 0.143. The molecule has 118 valence electrons. The standard InChI is InChI=1S/C13H17ClFNO4S/c1-3-4-8(2)7-20-13(17)10-5-9(21(16,18)19)6-11(15)12(10)14/h5-6,8H,3-4,7H2,1-2H3,(H2,16,18,19). The molecule has 8 heteroatoms. The van der Waals surface area contributed by atoms with E-state index in [0.717, 1.165) is 18.9 Å². The number of hydrogen-bond donors (Lipinski definition) is 1. The maximum absolute atomic E-state index is 13.6. The van der Waals surface area contributed by atoms with Crippen LogP contribution in [0.3, 0.4) is 0 Å².